The van der Waals surface area contributed by atoms with Gasteiger partial charge in [0.05, 0.1) is 23.2 Å². The third kappa shape index (κ3) is 4.28. The zero-order valence-electron chi connectivity index (χ0n) is 14.2. The third-order valence-corrected chi connectivity index (χ3v) is 5.86. The lowest BCUT2D eigenvalue weighted by atomic mass is 10.1. The van der Waals surface area contributed by atoms with Crippen molar-refractivity contribution in [3.05, 3.63) is 51.0 Å². The second-order valence-electron chi connectivity index (χ2n) is 5.84. The van der Waals surface area contributed by atoms with E-state index < -0.39 is 0 Å². The molecule has 0 radical (unpaired) electrons. The number of aryl methyl sites for hydroxylation is 1. The summed E-state index contributed by atoms with van der Waals surface area (Å²) >= 11 is 3.11. The Morgan fingerprint density at radius 3 is 2.96 bits per heavy atom. The summed E-state index contributed by atoms with van der Waals surface area (Å²) in [5.74, 6) is 2.54. The Bertz CT molecular complexity index is 971. The van der Waals surface area contributed by atoms with Crippen molar-refractivity contribution in [1.29, 1.82) is 0 Å². The van der Waals surface area contributed by atoms with Gasteiger partial charge < -0.3 is 4.57 Å². The zero-order chi connectivity index (χ0) is 17.6. The fourth-order valence-corrected chi connectivity index (χ4v) is 4.50. The average Bonchev–Trinajstić information content (AvgIpc) is 3.21. The van der Waals surface area contributed by atoms with Crippen molar-refractivity contribution in [3.63, 3.8) is 0 Å². The average molecular weight is 369 g/mol. The van der Waals surface area contributed by atoms with Gasteiger partial charge in [-0.15, -0.1) is 17.8 Å². The fourth-order valence-electron chi connectivity index (χ4n) is 2.69. The maximum absolute atomic E-state index is 12.3. The van der Waals surface area contributed by atoms with Gasteiger partial charge in [0.2, 0.25) is 0 Å². The van der Waals surface area contributed by atoms with E-state index >= 15 is 0 Å². The number of fused-ring (bicyclic) bond motifs is 1. The van der Waals surface area contributed by atoms with E-state index in [1.807, 2.05) is 22.1 Å². The van der Waals surface area contributed by atoms with Crippen LogP contribution in [0.1, 0.15) is 30.2 Å². The van der Waals surface area contributed by atoms with E-state index in [4.69, 9.17) is 6.42 Å². The largest absolute Gasteiger partial charge is 0.305 e. The molecule has 0 saturated heterocycles. The van der Waals surface area contributed by atoms with Gasteiger partial charge in [-0.2, -0.15) is 4.99 Å². The lowest BCUT2D eigenvalue weighted by Crippen LogP contribution is -2.16. The zero-order valence-corrected chi connectivity index (χ0v) is 15.8. The maximum atomic E-state index is 12.3. The van der Waals surface area contributed by atoms with Crippen molar-refractivity contribution >= 4 is 38.8 Å². The van der Waals surface area contributed by atoms with E-state index in [9.17, 15) is 4.79 Å². The number of hydrogen-bond acceptors (Lipinski definition) is 3. The van der Waals surface area contributed by atoms with Gasteiger partial charge in [0, 0.05) is 4.88 Å². The molecule has 0 spiro atoms. The summed E-state index contributed by atoms with van der Waals surface area (Å²) in [6.07, 6.45) is 9.29. The predicted octanol–water partition coefficient (Wildman–Crippen LogP) is 4.41. The van der Waals surface area contributed by atoms with Gasteiger partial charge in [-0.1, -0.05) is 42.7 Å². The summed E-state index contributed by atoms with van der Waals surface area (Å²) in [5.41, 5.74) is 2.37. The van der Waals surface area contributed by atoms with Crippen LogP contribution >= 0.6 is 22.7 Å². The SMILES string of the molecule is C#CCn1c(=NC(=O)Cc2cccs2)sc2cc(CCCC)ccc21. The van der Waals surface area contributed by atoms with Crippen LogP contribution in [0.25, 0.3) is 10.2 Å². The Morgan fingerprint density at radius 1 is 1.36 bits per heavy atom. The third-order valence-electron chi connectivity index (χ3n) is 3.94. The van der Waals surface area contributed by atoms with E-state index in [0.717, 1.165) is 21.5 Å². The van der Waals surface area contributed by atoms with E-state index in [0.29, 0.717) is 17.8 Å². The second kappa shape index (κ2) is 8.28. The van der Waals surface area contributed by atoms with E-state index in [1.165, 1.54) is 29.7 Å². The minimum atomic E-state index is -0.133. The molecule has 1 amide bonds. The van der Waals surface area contributed by atoms with Crippen LogP contribution in [-0.4, -0.2) is 10.5 Å². The first-order valence-corrected chi connectivity index (χ1v) is 10.1. The van der Waals surface area contributed by atoms with Crippen molar-refractivity contribution in [2.75, 3.05) is 0 Å². The highest BCUT2D eigenvalue weighted by Crippen LogP contribution is 2.20. The minimum Gasteiger partial charge on any atom is -0.305 e. The van der Waals surface area contributed by atoms with Crippen molar-refractivity contribution in [1.82, 2.24) is 4.57 Å². The molecule has 0 aliphatic heterocycles. The van der Waals surface area contributed by atoms with Crippen molar-refractivity contribution in [2.24, 2.45) is 4.99 Å². The highest BCUT2D eigenvalue weighted by Gasteiger charge is 2.09. The Morgan fingerprint density at radius 2 is 2.24 bits per heavy atom. The first-order chi connectivity index (χ1) is 12.2. The Labute approximate surface area is 155 Å². The molecule has 2 aromatic heterocycles. The van der Waals surface area contributed by atoms with Gasteiger partial charge in [-0.3, -0.25) is 4.79 Å². The molecule has 2 heterocycles. The molecule has 25 heavy (non-hydrogen) atoms. The van der Waals surface area contributed by atoms with E-state index in [2.05, 4.69) is 36.0 Å². The molecule has 0 aliphatic rings. The molecule has 1 aromatic carbocycles. The number of terminal acetylenes is 1. The maximum Gasteiger partial charge on any atom is 0.253 e. The summed E-state index contributed by atoms with van der Waals surface area (Å²) in [7, 11) is 0. The van der Waals surface area contributed by atoms with Crippen LogP contribution in [0.3, 0.4) is 0 Å². The molecule has 0 N–H and O–H groups in total. The number of benzene rings is 1. The standard InChI is InChI=1S/C20H20N2OS2/c1-3-5-7-15-9-10-17-18(13-15)25-20(22(17)11-4-2)21-19(23)14-16-8-6-12-24-16/h2,6,8-10,12-13H,3,5,7,11,14H2,1H3. The summed E-state index contributed by atoms with van der Waals surface area (Å²) in [6, 6.07) is 10.3. The molecule has 0 atom stereocenters. The highest BCUT2D eigenvalue weighted by molar-refractivity contribution is 7.16. The second-order valence-corrected chi connectivity index (χ2v) is 7.88. The smallest absolute Gasteiger partial charge is 0.253 e. The van der Waals surface area contributed by atoms with Gasteiger partial charge in [-0.05, 0) is 42.0 Å². The van der Waals surface area contributed by atoms with Crippen LogP contribution in [-0.2, 0) is 24.2 Å². The first-order valence-electron chi connectivity index (χ1n) is 8.37. The van der Waals surface area contributed by atoms with Crippen molar-refractivity contribution in [2.45, 2.75) is 39.2 Å². The fraction of sp³-hybridized carbons (Fsp3) is 0.300. The Kier molecular flexibility index (Phi) is 5.85. The summed E-state index contributed by atoms with van der Waals surface area (Å²) in [6.45, 7) is 2.61. The van der Waals surface area contributed by atoms with Crippen molar-refractivity contribution in [3.8, 4) is 12.3 Å². The Balaban J connectivity index is 1.97. The van der Waals surface area contributed by atoms with Gasteiger partial charge in [-0.25, -0.2) is 0 Å². The molecule has 0 unspecified atom stereocenters. The van der Waals surface area contributed by atoms with Gasteiger partial charge in [0.25, 0.3) is 5.91 Å². The van der Waals surface area contributed by atoms with Crippen LogP contribution in [0.15, 0.2) is 40.7 Å². The summed E-state index contributed by atoms with van der Waals surface area (Å²) in [5, 5.41) is 1.97. The molecule has 0 bridgehead atoms. The van der Waals surface area contributed by atoms with Crippen molar-refractivity contribution < 1.29 is 4.79 Å². The van der Waals surface area contributed by atoms with Gasteiger partial charge in [0.1, 0.15) is 0 Å². The normalized spacial score (nSPS) is 11.8. The molecule has 0 aliphatic carbocycles. The number of carbonyl (C=O) groups excluding carboxylic acids is 1. The van der Waals surface area contributed by atoms with Crippen LogP contribution < -0.4 is 4.80 Å². The molecule has 3 aromatic rings. The predicted molar refractivity (Wildman–Crippen MR) is 106 cm³/mol. The number of thiophene rings is 1. The van der Waals surface area contributed by atoms with E-state index in [1.54, 1.807) is 11.3 Å². The molecule has 0 saturated carbocycles. The van der Waals surface area contributed by atoms with E-state index in [-0.39, 0.29) is 5.91 Å². The van der Waals surface area contributed by atoms with Gasteiger partial charge >= 0.3 is 0 Å². The molecule has 3 rings (SSSR count). The number of rotatable bonds is 6. The number of nitrogens with zero attached hydrogens (tertiary/aromatic N) is 2. The minimum absolute atomic E-state index is 0.133. The highest BCUT2D eigenvalue weighted by atomic mass is 32.1. The van der Waals surface area contributed by atoms with Crippen LogP contribution in [0, 0.1) is 12.3 Å². The lowest BCUT2D eigenvalue weighted by Gasteiger charge is -2.02. The van der Waals surface area contributed by atoms with Gasteiger partial charge in [0.15, 0.2) is 4.80 Å². The molecule has 3 nitrogen and oxygen atoms in total. The summed E-state index contributed by atoms with van der Waals surface area (Å²) < 4.78 is 3.09. The number of aromatic nitrogens is 1. The molecular formula is C20H20N2OS2. The molecule has 128 valence electrons. The van der Waals surface area contributed by atoms with Crippen LogP contribution in [0.4, 0.5) is 0 Å². The first kappa shape index (κ1) is 17.7. The monoisotopic (exact) mass is 368 g/mol. The Hall–Kier alpha value is -2.16. The number of thiazole rings is 1. The number of unbranched alkanes of at least 4 members (excludes halogenated alkanes) is 1. The topological polar surface area (TPSA) is 34.4 Å². The molecule has 0 fully saturated rings. The number of amides is 1. The quantitative estimate of drug-likeness (QED) is 0.594. The van der Waals surface area contributed by atoms with Crippen LogP contribution in [0.2, 0.25) is 0 Å². The lowest BCUT2D eigenvalue weighted by molar-refractivity contribution is -0.117. The number of carbonyl (C=O) groups is 1. The summed E-state index contributed by atoms with van der Waals surface area (Å²) in [4.78, 5) is 18.3. The molecular weight excluding hydrogens is 348 g/mol. The number of hydrogen-bond donors (Lipinski definition) is 0. The molecule has 5 heteroatoms. The van der Waals surface area contributed by atoms with Crippen LogP contribution in [0.5, 0.6) is 0 Å².